The lowest BCUT2D eigenvalue weighted by Crippen LogP contribution is -2.42. The SMILES string of the molecule is CC(C)CCNC(=O)C[n+]1cccc(-c2ccccc2)c1. The van der Waals surface area contributed by atoms with Crippen molar-refractivity contribution in [2.24, 2.45) is 5.92 Å². The Bertz CT molecular complexity index is 579. The smallest absolute Gasteiger partial charge is 0.285 e. The van der Waals surface area contributed by atoms with Crippen LogP contribution in [0.5, 0.6) is 0 Å². The molecule has 21 heavy (non-hydrogen) atoms. The van der Waals surface area contributed by atoms with Gasteiger partial charge in [0.05, 0.1) is 0 Å². The number of rotatable bonds is 6. The average molecular weight is 283 g/mol. The quantitative estimate of drug-likeness (QED) is 0.813. The summed E-state index contributed by atoms with van der Waals surface area (Å²) in [7, 11) is 0. The maximum absolute atomic E-state index is 11.9. The van der Waals surface area contributed by atoms with E-state index in [9.17, 15) is 4.79 Å². The summed E-state index contributed by atoms with van der Waals surface area (Å²) in [5.74, 6) is 0.672. The minimum atomic E-state index is 0.0610. The molecule has 3 heteroatoms. The van der Waals surface area contributed by atoms with Gasteiger partial charge >= 0.3 is 0 Å². The van der Waals surface area contributed by atoms with Crippen molar-refractivity contribution in [2.75, 3.05) is 6.54 Å². The maximum atomic E-state index is 11.9. The lowest BCUT2D eigenvalue weighted by atomic mass is 10.1. The number of hydrogen-bond acceptors (Lipinski definition) is 1. The first kappa shape index (κ1) is 15.2. The molecule has 0 fully saturated rings. The van der Waals surface area contributed by atoms with E-state index >= 15 is 0 Å². The molecule has 0 radical (unpaired) electrons. The van der Waals surface area contributed by atoms with Crippen molar-refractivity contribution >= 4 is 5.91 Å². The lowest BCUT2D eigenvalue weighted by molar-refractivity contribution is -0.684. The first-order valence-electron chi connectivity index (χ1n) is 7.46. The van der Waals surface area contributed by atoms with Crippen LogP contribution in [0, 0.1) is 5.92 Å². The minimum Gasteiger partial charge on any atom is -0.351 e. The van der Waals surface area contributed by atoms with Crippen molar-refractivity contribution in [1.82, 2.24) is 5.32 Å². The summed E-state index contributed by atoms with van der Waals surface area (Å²) in [6.45, 7) is 5.42. The molecule has 0 aliphatic rings. The third-order valence-electron chi connectivity index (χ3n) is 3.34. The van der Waals surface area contributed by atoms with Crippen LogP contribution in [0.1, 0.15) is 20.3 Å². The fourth-order valence-corrected chi connectivity index (χ4v) is 2.14. The van der Waals surface area contributed by atoms with E-state index < -0.39 is 0 Å². The van der Waals surface area contributed by atoms with Gasteiger partial charge in [-0.15, -0.1) is 0 Å². The van der Waals surface area contributed by atoms with Gasteiger partial charge in [0.1, 0.15) is 0 Å². The zero-order valence-electron chi connectivity index (χ0n) is 12.8. The highest BCUT2D eigenvalue weighted by Crippen LogP contribution is 2.15. The second-order valence-corrected chi connectivity index (χ2v) is 5.66. The number of carbonyl (C=O) groups is 1. The van der Waals surface area contributed by atoms with E-state index in [0.717, 1.165) is 24.1 Å². The van der Waals surface area contributed by atoms with Crippen LogP contribution in [0.15, 0.2) is 54.9 Å². The number of amides is 1. The molecule has 0 bridgehead atoms. The van der Waals surface area contributed by atoms with Crippen LogP contribution in [-0.2, 0) is 11.3 Å². The molecule has 0 atom stereocenters. The summed E-state index contributed by atoms with van der Waals surface area (Å²) < 4.78 is 1.92. The first-order chi connectivity index (χ1) is 10.1. The Morgan fingerprint density at radius 1 is 1.10 bits per heavy atom. The van der Waals surface area contributed by atoms with Gasteiger partial charge in [0.2, 0.25) is 6.54 Å². The van der Waals surface area contributed by atoms with Gasteiger partial charge in [0, 0.05) is 18.2 Å². The van der Waals surface area contributed by atoms with Crippen LogP contribution < -0.4 is 9.88 Å². The Hall–Kier alpha value is -2.16. The van der Waals surface area contributed by atoms with Crippen molar-refractivity contribution in [3.63, 3.8) is 0 Å². The van der Waals surface area contributed by atoms with Crippen LogP contribution >= 0.6 is 0 Å². The molecule has 1 aromatic carbocycles. The maximum Gasteiger partial charge on any atom is 0.285 e. The highest BCUT2D eigenvalue weighted by molar-refractivity contribution is 5.74. The monoisotopic (exact) mass is 283 g/mol. The Balaban J connectivity index is 1.97. The average Bonchev–Trinajstić information content (AvgIpc) is 2.48. The summed E-state index contributed by atoms with van der Waals surface area (Å²) in [6, 6.07) is 14.2. The Labute approximate surface area is 126 Å². The van der Waals surface area contributed by atoms with Crippen LogP contribution in [0.3, 0.4) is 0 Å². The molecule has 1 heterocycles. The number of nitrogens with one attached hydrogen (secondary N) is 1. The fourth-order valence-electron chi connectivity index (χ4n) is 2.14. The number of aromatic nitrogens is 1. The van der Waals surface area contributed by atoms with E-state index in [2.05, 4.69) is 37.4 Å². The zero-order valence-corrected chi connectivity index (χ0v) is 12.8. The van der Waals surface area contributed by atoms with E-state index in [1.54, 1.807) is 0 Å². The molecule has 2 rings (SSSR count). The highest BCUT2D eigenvalue weighted by atomic mass is 16.1. The van der Waals surface area contributed by atoms with Gasteiger partial charge in [-0.2, -0.15) is 4.57 Å². The van der Waals surface area contributed by atoms with Crippen LogP contribution in [0.25, 0.3) is 11.1 Å². The summed E-state index contributed by atoms with van der Waals surface area (Å²) in [5, 5.41) is 2.96. The van der Waals surface area contributed by atoms with Gasteiger partial charge in [-0.3, -0.25) is 4.79 Å². The highest BCUT2D eigenvalue weighted by Gasteiger charge is 2.10. The predicted octanol–water partition coefficient (Wildman–Crippen LogP) is 2.80. The molecule has 0 aliphatic heterocycles. The van der Waals surface area contributed by atoms with E-state index in [4.69, 9.17) is 0 Å². The Morgan fingerprint density at radius 3 is 2.52 bits per heavy atom. The van der Waals surface area contributed by atoms with Gasteiger partial charge in [-0.05, 0) is 24.0 Å². The largest absolute Gasteiger partial charge is 0.351 e. The standard InChI is InChI=1S/C18H22N2O/c1-15(2)10-11-19-18(21)14-20-12-6-9-17(13-20)16-7-4-3-5-8-16/h3-9,12-13,15H,10-11,14H2,1-2H3/p+1. The molecule has 0 saturated heterocycles. The van der Waals surface area contributed by atoms with Gasteiger partial charge in [-0.25, -0.2) is 0 Å². The molecule has 1 N–H and O–H groups in total. The number of pyridine rings is 1. The molecule has 0 saturated carbocycles. The summed E-state index contributed by atoms with van der Waals surface area (Å²) >= 11 is 0. The molecule has 1 amide bonds. The van der Waals surface area contributed by atoms with E-state index in [1.807, 2.05) is 41.2 Å². The van der Waals surface area contributed by atoms with Crippen molar-refractivity contribution in [3.05, 3.63) is 54.9 Å². The van der Waals surface area contributed by atoms with E-state index in [0.29, 0.717) is 12.5 Å². The molecular formula is C18H23N2O+. The van der Waals surface area contributed by atoms with E-state index in [1.165, 1.54) is 0 Å². The molecule has 2 aromatic rings. The first-order valence-corrected chi connectivity index (χ1v) is 7.46. The topological polar surface area (TPSA) is 33.0 Å². The third-order valence-corrected chi connectivity index (χ3v) is 3.34. The van der Waals surface area contributed by atoms with Crippen molar-refractivity contribution in [1.29, 1.82) is 0 Å². The van der Waals surface area contributed by atoms with Crippen LogP contribution in [0.2, 0.25) is 0 Å². The Kier molecular flexibility index (Phi) is 5.50. The Morgan fingerprint density at radius 2 is 1.81 bits per heavy atom. The third kappa shape index (κ3) is 5.03. The van der Waals surface area contributed by atoms with Crippen LogP contribution in [0.4, 0.5) is 0 Å². The fraction of sp³-hybridized carbons (Fsp3) is 0.333. The molecule has 0 spiro atoms. The molecule has 3 nitrogen and oxygen atoms in total. The predicted molar refractivity (Wildman–Crippen MR) is 84.5 cm³/mol. The molecule has 1 aromatic heterocycles. The van der Waals surface area contributed by atoms with Crippen molar-refractivity contribution in [2.45, 2.75) is 26.8 Å². The van der Waals surface area contributed by atoms with Crippen molar-refractivity contribution in [3.8, 4) is 11.1 Å². The second-order valence-electron chi connectivity index (χ2n) is 5.66. The van der Waals surface area contributed by atoms with Gasteiger partial charge < -0.3 is 5.32 Å². The van der Waals surface area contributed by atoms with Crippen LogP contribution in [-0.4, -0.2) is 12.5 Å². The molecule has 0 unspecified atom stereocenters. The zero-order chi connectivity index (χ0) is 15.1. The molecule has 0 aliphatic carbocycles. The number of benzene rings is 1. The molecule has 110 valence electrons. The van der Waals surface area contributed by atoms with Gasteiger partial charge in [0.15, 0.2) is 12.4 Å². The summed E-state index contributed by atoms with van der Waals surface area (Å²) in [6.07, 6.45) is 4.95. The molecular weight excluding hydrogens is 260 g/mol. The lowest BCUT2D eigenvalue weighted by Gasteiger charge is -2.06. The normalized spacial score (nSPS) is 10.6. The van der Waals surface area contributed by atoms with Gasteiger partial charge in [0.25, 0.3) is 5.91 Å². The number of hydrogen-bond donors (Lipinski definition) is 1. The number of carbonyl (C=O) groups excluding carboxylic acids is 1. The second kappa shape index (κ2) is 7.58. The minimum absolute atomic E-state index is 0.0610. The summed E-state index contributed by atoms with van der Waals surface area (Å²) in [5.41, 5.74) is 2.28. The van der Waals surface area contributed by atoms with Crippen molar-refractivity contribution < 1.29 is 9.36 Å². The van der Waals surface area contributed by atoms with E-state index in [-0.39, 0.29) is 5.91 Å². The number of nitrogens with zero attached hydrogens (tertiary/aromatic N) is 1. The summed E-state index contributed by atoms with van der Waals surface area (Å²) in [4.78, 5) is 11.9. The van der Waals surface area contributed by atoms with Gasteiger partial charge in [-0.1, -0.05) is 44.2 Å².